The van der Waals surface area contributed by atoms with Crippen LogP contribution in [0.5, 0.6) is 5.75 Å². The molecule has 4 rings (SSSR count). The third kappa shape index (κ3) is 3.83. The third-order valence-electron chi connectivity index (χ3n) is 4.32. The molecule has 0 spiro atoms. The predicted octanol–water partition coefficient (Wildman–Crippen LogP) is 3.37. The van der Waals surface area contributed by atoms with Crippen molar-refractivity contribution in [1.82, 2.24) is 24.7 Å². The van der Waals surface area contributed by atoms with Crippen LogP contribution >= 0.6 is 0 Å². The van der Waals surface area contributed by atoms with Gasteiger partial charge < -0.3 is 9.64 Å². The lowest BCUT2D eigenvalue weighted by Gasteiger charge is -2.17. The molecule has 0 unspecified atom stereocenters. The van der Waals surface area contributed by atoms with Gasteiger partial charge in [-0.1, -0.05) is 12.1 Å². The van der Waals surface area contributed by atoms with Crippen LogP contribution in [0.4, 0.5) is 5.95 Å². The molecule has 0 N–H and O–H groups in total. The third-order valence-corrected chi connectivity index (χ3v) is 4.32. The molecule has 0 fully saturated rings. The summed E-state index contributed by atoms with van der Waals surface area (Å²) in [6.07, 6.45) is 9.12. The van der Waals surface area contributed by atoms with Crippen LogP contribution in [0.1, 0.15) is 5.56 Å². The highest BCUT2D eigenvalue weighted by atomic mass is 16.5. The average molecular weight is 372 g/mol. The van der Waals surface area contributed by atoms with Gasteiger partial charge in [-0.3, -0.25) is 4.98 Å². The van der Waals surface area contributed by atoms with Gasteiger partial charge in [0, 0.05) is 50.0 Å². The van der Waals surface area contributed by atoms with E-state index in [1.165, 1.54) is 0 Å². The van der Waals surface area contributed by atoms with Crippen molar-refractivity contribution in [3.05, 3.63) is 79.0 Å². The molecule has 7 nitrogen and oxygen atoms in total. The highest BCUT2D eigenvalue weighted by molar-refractivity contribution is 5.59. The van der Waals surface area contributed by atoms with E-state index >= 15 is 0 Å². The second-order valence-electron chi connectivity index (χ2n) is 6.33. The Kier molecular flexibility index (Phi) is 4.97. The smallest absolute Gasteiger partial charge is 0.225 e. The molecule has 0 amide bonds. The van der Waals surface area contributed by atoms with Crippen molar-refractivity contribution in [2.75, 3.05) is 19.1 Å². The van der Waals surface area contributed by atoms with Crippen LogP contribution in [-0.2, 0) is 6.54 Å². The van der Waals surface area contributed by atoms with Gasteiger partial charge in [0.15, 0.2) is 0 Å². The van der Waals surface area contributed by atoms with E-state index in [-0.39, 0.29) is 0 Å². The molecule has 3 aromatic heterocycles. The van der Waals surface area contributed by atoms with Gasteiger partial charge in [0.2, 0.25) is 5.95 Å². The Morgan fingerprint density at radius 3 is 2.82 bits per heavy atom. The minimum Gasteiger partial charge on any atom is -0.497 e. The summed E-state index contributed by atoms with van der Waals surface area (Å²) >= 11 is 0. The zero-order valence-electron chi connectivity index (χ0n) is 15.7. The van der Waals surface area contributed by atoms with Crippen LogP contribution < -0.4 is 9.64 Å². The van der Waals surface area contributed by atoms with Crippen molar-refractivity contribution < 1.29 is 4.74 Å². The molecule has 3 heterocycles. The standard InChI is InChI=1S/C21H20N6O/c1-26(14-16-5-4-9-22-12-16)21-23-10-8-20(25-21)17-13-24-27(15-17)18-6-3-7-19(11-18)28-2/h3-13,15H,14H2,1-2H3. The van der Waals surface area contributed by atoms with Gasteiger partial charge in [-0.05, 0) is 29.8 Å². The number of nitrogens with zero attached hydrogens (tertiary/aromatic N) is 6. The van der Waals surface area contributed by atoms with E-state index in [0.717, 1.165) is 28.3 Å². The van der Waals surface area contributed by atoms with Crippen LogP contribution in [0, 0.1) is 0 Å². The fraction of sp³-hybridized carbons (Fsp3) is 0.143. The first kappa shape index (κ1) is 17.7. The van der Waals surface area contributed by atoms with Crippen LogP contribution in [0.15, 0.2) is 73.4 Å². The maximum absolute atomic E-state index is 5.29. The van der Waals surface area contributed by atoms with Gasteiger partial charge in [-0.25, -0.2) is 14.6 Å². The molecule has 0 aliphatic carbocycles. The predicted molar refractivity (Wildman–Crippen MR) is 107 cm³/mol. The van der Waals surface area contributed by atoms with Gasteiger partial charge in [-0.15, -0.1) is 0 Å². The van der Waals surface area contributed by atoms with E-state index in [9.17, 15) is 0 Å². The molecule has 0 saturated carbocycles. The minimum absolute atomic E-state index is 0.649. The molecule has 140 valence electrons. The van der Waals surface area contributed by atoms with E-state index in [0.29, 0.717) is 12.5 Å². The molecule has 0 bridgehead atoms. The quantitative estimate of drug-likeness (QED) is 0.517. The number of anilines is 1. The molecule has 4 aromatic rings. The Morgan fingerprint density at radius 1 is 1.07 bits per heavy atom. The van der Waals surface area contributed by atoms with E-state index in [1.807, 2.05) is 66.8 Å². The Hall–Kier alpha value is -3.74. The molecule has 28 heavy (non-hydrogen) atoms. The van der Waals surface area contributed by atoms with Crippen LogP contribution in [0.3, 0.4) is 0 Å². The summed E-state index contributed by atoms with van der Waals surface area (Å²) in [5.41, 5.74) is 3.76. The first-order valence-corrected chi connectivity index (χ1v) is 8.85. The monoisotopic (exact) mass is 372 g/mol. The Bertz CT molecular complexity index is 1060. The normalized spacial score (nSPS) is 10.6. The van der Waals surface area contributed by atoms with Crippen LogP contribution in [0.2, 0.25) is 0 Å². The van der Waals surface area contributed by atoms with Crippen molar-refractivity contribution >= 4 is 5.95 Å². The van der Waals surface area contributed by atoms with Crippen molar-refractivity contribution in [3.63, 3.8) is 0 Å². The van der Waals surface area contributed by atoms with E-state index in [2.05, 4.69) is 15.1 Å². The number of hydrogen-bond acceptors (Lipinski definition) is 6. The second kappa shape index (κ2) is 7.87. The lowest BCUT2D eigenvalue weighted by molar-refractivity contribution is 0.414. The van der Waals surface area contributed by atoms with E-state index in [4.69, 9.17) is 9.72 Å². The minimum atomic E-state index is 0.649. The number of benzene rings is 1. The highest BCUT2D eigenvalue weighted by Crippen LogP contribution is 2.22. The molecule has 0 saturated heterocycles. The molecule has 0 radical (unpaired) electrons. The first-order chi connectivity index (χ1) is 13.7. The summed E-state index contributed by atoms with van der Waals surface area (Å²) < 4.78 is 7.09. The maximum atomic E-state index is 5.29. The topological polar surface area (TPSA) is 69.0 Å². The molecule has 0 atom stereocenters. The van der Waals surface area contributed by atoms with Gasteiger partial charge >= 0.3 is 0 Å². The SMILES string of the molecule is COc1cccc(-n2cc(-c3ccnc(N(C)Cc4cccnc4)n3)cn2)c1. The summed E-state index contributed by atoms with van der Waals surface area (Å²) in [6, 6.07) is 13.6. The number of methoxy groups -OCH3 is 1. The number of hydrogen-bond donors (Lipinski definition) is 0. The summed E-state index contributed by atoms with van der Waals surface area (Å²) in [5, 5.41) is 4.46. The number of pyridine rings is 1. The van der Waals surface area contributed by atoms with E-state index in [1.54, 1.807) is 30.4 Å². The highest BCUT2D eigenvalue weighted by Gasteiger charge is 2.10. The largest absolute Gasteiger partial charge is 0.497 e. The van der Waals surface area contributed by atoms with E-state index < -0.39 is 0 Å². The maximum Gasteiger partial charge on any atom is 0.225 e. The fourth-order valence-corrected chi connectivity index (χ4v) is 2.88. The molecule has 0 aliphatic rings. The van der Waals surface area contributed by atoms with Crippen molar-refractivity contribution in [2.24, 2.45) is 0 Å². The van der Waals surface area contributed by atoms with Gasteiger partial charge in [0.05, 0.1) is 24.7 Å². The molecule has 7 heteroatoms. The molecular weight excluding hydrogens is 352 g/mol. The zero-order valence-corrected chi connectivity index (χ0v) is 15.7. The van der Waals surface area contributed by atoms with Crippen molar-refractivity contribution in [2.45, 2.75) is 6.54 Å². The molecular formula is C21H20N6O. The van der Waals surface area contributed by atoms with Crippen molar-refractivity contribution in [3.8, 4) is 22.7 Å². The summed E-state index contributed by atoms with van der Waals surface area (Å²) in [5.74, 6) is 1.44. The summed E-state index contributed by atoms with van der Waals surface area (Å²) in [7, 11) is 3.61. The fourth-order valence-electron chi connectivity index (χ4n) is 2.88. The zero-order chi connectivity index (χ0) is 19.3. The average Bonchev–Trinajstić information content (AvgIpc) is 3.25. The number of aromatic nitrogens is 5. The number of rotatable bonds is 6. The summed E-state index contributed by atoms with van der Waals surface area (Å²) in [4.78, 5) is 15.2. The Balaban J connectivity index is 1.57. The van der Waals surface area contributed by atoms with Crippen molar-refractivity contribution in [1.29, 1.82) is 0 Å². The van der Waals surface area contributed by atoms with Crippen LogP contribution in [-0.4, -0.2) is 38.9 Å². The summed E-state index contributed by atoms with van der Waals surface area (Å²) in [6.45, 7) is 0.681. The lowest BCUT2D eigenvalue weighted by atomic mass is 10.2. The first-order valence-electron chi connectivity index (χ1n) is 8.85. The molecule has 1 aromatic carbocycles. The second-order valence-corrected chi connectivity index (χ2v) is 6.33. The Labute approximate surface area is 163 Å². The Morgan fingerprint density at radius 2 is 2.00 bits per heavy atom. The van der Waals surface area contributed by atoms with Gasteiger partial charge in [0.25, 0.3) is 0 Å². The van der Waals surface area contributed by atoms with Crippen LogP contribution in [0.25, 0.3) is 16.9 Å². The van der Waals surface area contributed by atoms with Gasteiger partial charge in [-0.2, -0.15) is 5.10 Å². The number of ether oxygens (including phenoxy) is 1. The lowest BCUT2D eigenvalue weighted by Crippen LogP contribution is -2.19. The van der Waals surface area contributed by atoms with Gasteiger partial charge in [0.1, 0.15) is 5.75 Å². The molecule has 0 aliphatic heterocycles.